The van der Waals surface area contributed by atoms with Crippen molar-refractivity contribution in [2.75, 3.05) is 19.0 Å². The summed E-state index contributed by atoms with van der Waals surface area (Å²) in [5, 5.41) is 3.42. The van der Waals surface area contributed by atoms with Crippen LogP contribution in [0.15, 0.2) is 24.3 Å². The molecule has 0 aliphatic carbocycles. The molecule has 0 aliphatic heterocycles. The molecule has 0 spiro atoms. The number of hydrogen-bond donors (Lipinski definition) is 1. The van der Waals surface area contributed by atoms with Crippen molar-refractivity contribution in [3.63, 3.8) is 0 Å². The monoisotopic (exact) mass is 207 g/mol. The van der Waals surface area contributed by atoms with E-state index in [9.17, 15) is 0 Å². The molecule has 2 nitrogen and oxygen atoms in total. The predicted molar refractivity (Wildman–Crippen MR) is 65.6 cm³/mol. The Kier molecular flexibility index (Phi) is 5.02. The number of methoxy groups -OCH3 is 1. The van der Waals surface area contributed by atoms with Gasteiger partial charge in [-0.15, -0.1) is 0 Å². The van der Waals surface area contributed by atoms with Crippen molar-refractivity contribution in [3.8, 4) is 5.75 Å². The summed E-state index contributed by atoms with van der Waals surface area (Å²) in [5.41, 5.74) is 1.09. The molecule has 1 atom stereocenters. The molecule has 0 aliphatic rings. The lowest BCUT2D eigenvalue weighted by Crippen LogP contribution is -2.11. The van der Waals surface area contributed by atoms with E-state index < -0.39 is 0 Å². The van der Waals surface area contributed by atoms with E-state index in [0.717, 1.165) is 18.0 Å². The average molecular weight is 207 g/mol. The molecule has 0 saturated heterocycles. The maximum atomic E-state index is 5.28. The average Bonchev–Trinajstić information content (AvgIpc) is 2.27. The molecule has 0 heterocycles. The third-order valence-electron chi connectivity index (χ3n) is 2.53. The molecule has 1 N–H and O–H groups in total. The summed E-state index contributed by atoms with van der Waals surface area (Å²) in [6.07, 6.45) is 2.51. The zero-order valence-corrected chi connectivity index (χ0v) is 9.92. The zero-order valence-electron chi connectivity index (χ0n) is 9.92. The van der Waals surface area contributed by atoms with Crippen molar-refractivity contribution < 1.29 is 4.74 Å². The molecule has 1 rings (SSSR count). The van der Waals surface area contributed by atoms with Gasteiger partial charge in [0.05, 0.1) is 12.8 Å². The Bertz CT molecular complexity index is 286. The van der Waals surface area contributed by atoms with Crippen LogP contribution in [0.25, 0.3) is 0 Å². The Morgan fingerprint density at radius 3 is 2.73 bits per heavy atom. The summed E-state index contributed by atoms with van der Waals surface area (Å²) in [6.45, 7) is 5.50. The number of anilines is 1. The van der Waals surface area contributed by atoms with Crippen LogP contribution in [0.3, 0.4) is 0 Å². The van der Waals surface area contributed by atoms with E-state index in [1.54, 1.807) is 7.11 Å². The van der Waals surface area contributed by atoms with Crippen LogP contribution >= 0.6 is 0 Å². The summed E-state index contributed by atoms with van der Waals surface area (Å²) < 4.78 is 5.28. The summed E-state index contributed by atoms with van der Waals surface area (Å²) in [4.78, 5) is 0. The number of rotatable bonds is 6. The maximum Gasteiger partial charge on any atom is 0.141 e. The first-order valence-corrected chi connectivity index (χ1v) is 5.64. The standard InChI is InChI=1S/C13H21NO/c1-4-7-11(2)10-14-12-8-5-6-9-13(12)15-3/h5-6,8-9,11,14H,4,7,10H2,1-3H3/t11-/m0/s1. The van der Waals surface area contributed by atoms with Crippen LogP contribution in [-0.4, -0.2) is 13.7 Å². The van der Waals surface area contributed by atoms with Crippen LogP contribution < -0.4 is 10.1 Å². The summed E-state index contributed by atoms with van der Waals surface area (Å²) >= 11 is 0. The minimum absolute atomic E-state index is 0.708. The van der Waals surface area contributed by atoms with E-state index in [1.165, 1.54) is 12.8 Å². The van der Waals surface area contributed by atoms with Crippen molar-refractivity contribution >= 4 is 5.69 Å². The lowest BCUT2D eigenvalue weighted by molar-refractivity contribution is 0.416. The van der Waals surface area contributed by atoms with Crippen LogP contribution in [0.2, 0.25) is 0 Å². The van der Waals surface area contributed by atoms with Gasteiger partial charge in [-0.2, -0.15) is 0 Å². The third kappa shape index (κ3) is 3.82. The predicted octanol–water partition coefficient (Wildman–Crippen LogP) is 3.54. The smallest absolute Gasteiger partial charge is 0.141 e. The fraction of sp³-hybridized carbons (Fsp3) is 0.538. The molecule has 1 aromatic rings. The van der Waals surface area contributed by atoms with Crippen molar-refractivity contribution in [3.05, 3.63) is 24.3 Å². The van der Waals surface area contributed by atoms with Crippen LogP contribution in [0.5, 0.6) is 5.75 Å². The van der Waals surface area contributed by atoms with Gasteiger partial charge in [-0.1, -0.05) is 32.4 Å². The third-order valence-corrected chi connectivity index (χ3v) is 2.53. The minimum Gasteiger partial charge on any atom is -0.495 e. The van der Waals surface area contributed by atoms with Gasteiger partial charge in [-0.25, -0.2) is 0 Å². The minimum atomic E-state index is 0.708. The molecule has 1 aromatic carbocycles. The van der Waals surface area contributed by atoms with E-state index >= 15 is 0 Å². The van der Waals surface area contributed by atoms with Crippen LogP contribution in [0.4, 0.5) is 5.69 Å². The number of nitrogens with one attached hydrogen (secondary N) is 1. The molecule has 0 aromatic heterocycles. The fourth-order valence-corrected chi connectivity index (χ4v) is 1.67. The van der Waals surface area contributed by atoms with Crippen molar-refractivity contribution in [1.29, 1.82) is 0 Å². The van der Waals surface area contributed by atoms with E-state index in [0.29, 0.717) is 5.92 Å². The molecular formula is C13H21NO. The lowest BCUT2D eigenvalue weighted by atomic mass is 10.1. The van der Waals surface area contributed by atoms with Crippen LogP contribution in [0, 0.1) is 5.92 Å². The first-order chi connectivity index (χ1) is 7.27. The molecule has 0 amide bonds. The van der Waals surface area contributed by atoms with E-state index in [-0.39, 0.29) is 0 Å². The highest BCUT2D eigenvalue weighted by molar-refractivity contribution is 5.56. The molecule has 15 heavy (non-hydrogen) atoms. The number of hydrogen-bond acceptors (Lipinski definition) is 2. The van der Waals surface area contributed by atoms with Crippen LogP contribution in [0.1, 0.15) is 26.7 Å². The van der Waals surface area contributed by atoms with Gasteiger partial charge in [0.25, 0.3) is 0 Å². The normalized spacial score (nSPS) is 12.2. The number of para-hydroxylation sites is 2. The largest absolute Gasteiger partial charge is 0.495 e. The Labute approximate surface area is 92.6 Å². The second-order valence-electron chi connectivity index (χ2n) is 3.98. The van der Waals surface area contributed by atoms with Gasteiger partial charge in [0.15, 0.2) is 0 Å². The summed E-state index contributed by atoms with van der Waals surface area (Å²) in [7, 11) is 1.70. The van der Waals surface area contributed by atoms with Gasteiger partial charge in [-0.05, 0) is 24.5 Å². The van der Waals surface area contributed by atoms with E-state index in [4.69, 9.17) is 4.74 Å². The molecular weight excluding hydrogens is 186 g/mol. The Morgan fingerprint density at radius 1 is 1.33 bits per heavy atom. The zero-order chi connectivity index (χ0) is 11.1. The fourth-order valence-electron chi connectivity index (χ4n) is 1.67. The first kappa shape index (κ1) is 11.9. The molecule has 0 unspecified atom stereocenters. The number of ether oxygens (including phenoxy) is 1. The highest BCUT2D eigenvalue weighted by Gasteiger charge is 2.03. The van der Waals surface area contributed by atoms with Gasteiger partial charge in [-0.3, -0.25) is 0 Å². The topological polar surface area (TPSA) is 21.3 Å². The number of benzene rings is 1. The quantitative estimate of drug-likeness (QED) is 0.770. The Hall–Kier alpha value is -1.18. The highest BCUT2D eigenvalue weighted by Crippen LogP contribution is 2.23. The first-order valence-electron chi connectivity index (χ1n) is 5.64. The lowest BCUT2D eigenvalue weighted by Gasteiger charge is -2.14. The molecule has 0 radical (unpaired) electrons. The van der Waals surface area contributed by atoms with Crippen LogP contribution in [-0.2, 0) is 0 Å². The van der Waals surface area contributed by atoms with Crippen molar-refractivity contribution in [2.24, 2.45) is 5.92 Å². The SMILES string of the molecule is CCC[C@H](C)CNc1ccccc1OC. The van der Waals surface area contributed by atoms with Gasteiger partial charge < -0.3 is 10.1 Å². The maximum absolute atomic E-state index is 5.28. The van der Waals surface area contributed by atoms with Crippen molar-refractivity contribution in [2.45, 2.75) is 26.7 Å². The van der Waals surface area contributed by atoms with E-state index in [2.05, 4.69) is 25.2 Å². The second kappa shape index (κ2) is 6.33. The van der Waals surface area contributed by atoms with Gasteiger partial charge in [0.1, 0.15) is 5.75 Å². The van der Waals surface area contributed by atoms with E-state index in [1.807, 2.05) is 18.2 Å². The molecule has 0 saturated carbocycles. The second-order valence-corrected chi connectivity index (χ2v) is 3.98. The molecule has 0 bridgehead atoms. The van der Waals surface area contributed by atoms with Gasteiger partial charge in [0, 0.05) is 6.54 Å². The van der Waals surface area contributed by atoms with Gasteiger partial charge >= 0.3 is 0 Å². The molecule has 0 fully saturated rings. The van der Waals surface area contributed by atoms with Crippen molar-refractivity contribution in [1.82, 2.24) is 0 Å². The summed E-state index contributed by atoms with van der Waals surface area (Å²) in [5.74, 6) is 1.63. The Balaban J connectivity index is 2.49. The van der Waals surface area contributed by atoms with Gasteiger partial charge in [0.2, 0.25) is 0 Å². The molecule has 84 valence electrons. The summed E-state index contributed by atoms with van der Waals surface area (Å²) in [6, 6.07) is 8.04. The molecule has 2 heteroatoms. The Morgan fingerprint density at radius 2 is 2.07 bits per heavy atom. The highest BCUT2D eigenvalue weighted by atomic mass is 16.5.